The highest BCUT2D eigenvalue weighted by Gasteiger charge is 2.36. The molecule has 1 aliphatic heterocycles. The number of para-hydroxylation sites is 1. The first kappa shape index (κ1) is 20.8. The summed E-state index contributed by atoms with van der Waals surface area (Å²) < 4.78 is 12.6. The first-order valence-electron chi connectivity index (χ1n) is 9.56. The van der Waals surface area contributed by atoms with Crippen LogP contribution in [0.1, 0.15) is 32.1 Å². The van der Waals surface area contributed by atoms with E-state index in [9.17, 15) is 19.5 Å². The number of H-pyrrole nitrogens is 1. The van der Waals surface area contributed by atoms with Crippen molar-refractivity contribution in [2.75, 3.05) is 6.54 Å². The number of aliphatic hydroxyl groups excluding tert-OH is 1. The Bertz CT molecular complexity index is 955. The summed E-state index contributed by atoms with van der Waals surface area (Å²) in [6.45, 7) is 3.50. The molecule has 9 heteroatoms. The highest BCUT2D eigenvalue weighted by atomic mass is 16.5. The van der Waals surface area contributed by atoms with E-state index >= 15 is 0 Å². The fourth-order valence-corrected chi connectivity index (χ4v) is 3.16. The second-order valence-corrected chi connectivity index (χ2v) is 6.92. The minimum absolute atomic E-state index is 0.0672. The Balaban J connectivity index is 1.58. The molecule has 1 amide bonds. The fourth-order valence-electron chi connectivity index (χ4n) is 3.16. The van der Waals surface area contributed by atoms with E-state index in [-0.39, 0.29) is 18.9 Å². The van der Waals surface area contributed by atoms with Gasteiger partial charge in [0.25, 0.3) is 11.5 Å². The molecule has 29 heavy (non-hydrogen) atoms. The zero-order valence-electron chi connectivity index (χ0n) is 16.3. The SMILES string of the molecule is CCc1cn([C@@H]2CC(O)[C@H](CNC(=O)[C@H](C)Oc3ccccc3)O2)c(=O)[nH]c1=O. The molecule has 3 N–H and O–H groups in total. The third kappa shape index (κ3) is 4.93. The summed E-state index contributed by atoms with van der Waals surface area (Å²) in [4.78, 5) is 38.3. The molecular weight excluding hydrogens is 378 g/mol. The third-order valence-corrected chi connectivity index (χ3v) is 4.84. The van der Waals surface area contributed by atoms with Gasteiger partial charge in [-0.15, -0.1) is 0 Å². The molecule has 2 aromatic rings. The Morgan fingerprint density at radius 3 is 2.79 bits per heavy atom. The number of aromatic nitrogens is 2. The Morgan fingerprint density at radius 2 is 2.10 bits per heavy atom. The van der Waals surface area contributed by atoms with Crippen molar-refractivity contribution in [3.05, 3.63) is 62.9 Å². The molecule has 1 fully saturated rings. The molecule has 9 nitrogen and oxygen atoms in total. The number of aryl methyl sites for hydroxylation is 1. The minimum Gasteiger partial charge on any atom is -0.481 e. The van der Waals surface area contributed by atoms with Crippen molar-refractivity contribution in [3.8, 4) is 5.75 Å². The summed E-state index contributed by atoms with van der Waals surface area (Å²) in [5.74, 6) is 0.235. The predicted molar refractivity (Wildman–Crippen MR) is 105 cm³/mol. The van der Waals surface area contributed by atoms with Gasteiger partial charge < -0.3 is 19.9 Å². The van der Waals surface area contributed by atoms with E-state index in [4.69, 9.17) is 9.47 Å². The average molecular weight is 403 g/mol. The van der Waals surface area contributed by atoms with Crippen molar-refractivity contribution in [1.29, 1.82) is 0 Å². The van der Waals surface area contributed by atoms with Crippen LogP contribution in [-0.4, -0.2) is 45.4 Å². The van der Waals surface area contributed by atoms with Crippen molar-refractivity contribution in [1.82, 2.24) is 14.9 Å². The molecule has 1 aromatic heterocycles. The van der Waals surface area contributed by atoms with Gasteiger partial charge in [0.15, 0.2) is 6.10 Å². The Hall–Kier alpha value is -2.91. The monoisotopic (exact) mass is 403 g/mol. The number of nitrogens with one attached hydrogen (secondary N) is 2. The van der Waals surface area contributed by atoms with E-state index in [1.54, 1.807) is 26.0 Å². The zero-order chi connectivity index (χ0) is 21.0. The molecule has 0 radical (unpaired) electrons. The molecule has 4 atom stereocenters. The molecule has 0 bridgehead atoms. The molecule has 1 saturated heterocycles. The third-order valence-electron chi connectivity index (χ3n) is 4.84. The molecule has 1 unspecified atom stereocenters. The molecular formula is C20H25N3O6. The standard InChI is InChI=1S/C20H25N3O6/c1-3-13-11-23(20(27)22-19(13)26)17-9-15(24)16(29-17)10-21-18(25)12(2)28-14-7-5-4-6-8-14/h4-8,11-12,15-17,24H,3,9-10H2,1-2H3,(H,21,25)(H,22,26,27)/t12-,15?,16-,17-/m0/s1. The Labute approximate surface area is 167 Å². The summed E-state index contributed by atoms with van der Waals surface area (Å²) >= 11 is 0. The Kier molecular flexibility index (Phi) is 6.50. The number of hydrogen-bond donors (Lipinski definition) is 3. The summed E-state index contributed by atoms with van der Waals surface area (Å²) in [5, 5.41) is 13.0. The van der Waals surface area contributed by atoms with E-state index in [2.05, 4.69) is 10.3 Å². The highest BCUT2D eigenvalue weighted by Crippen LogP contribution is 2.27. The van der Waals surface area contributed by atoms with Crippen molar-refractivity contribution >= 4 is 5.91 Å². The number of hydrogen-bond acceptors (Lipinski definition) is 6. The van der Waals surface area contributed by atoms with Gasteiger partial charge in [-0.25, -0.2) is 4.79 Å². The molecule has 2 heterocycles. The van der Waals surface area contributed by atoms with Gasteiger partial charge in [-0.2, -0.15) is 0 Å². The van der Waals surface area contributed by atoms with Crippen LogP contribution >= 0.6 is 0 Å². The number of nitrogens with zero attached hydrogens (tertiary/aromatic N) is 1. The van der Waals surface area contributed by atoms with Gasteiger partial charge in [0.1, 0.15) is 18.1 Å². The molecule has 3 rings (SSSR count). The van der Waals surface area contributed by atoms with Crippen LogP contribution in [0.3, 0.4) is 0 Å². The molecule has 0 aliphatic carbocycles. The topological polar surface area (TPSA) is 123 Å². The number of amides is 1. The summed E-state index contributed by atoms with van der Waals surface area (Å²) in [5.41, 5.74) is -0.575. The normalized spacial score (nSPS) is 22.2. The number of rotatable bonds is 7. The summed E-state index contributed by atoms with van der Waals surface area (Å²) in [7, 11) is 0. The lowest BCUT2D eigenvalue weighted by Crippen LogP contribution is -2.42. The van der Waals surface area contributed by atoms with Crippen LogP contribution in [0, 0.1) is 0 Å². The van der Waals surface area contributed by atoms with E-state index in [1.807, 2.05) is 18.2 Å². The summed E-state index contributed by atoms with van der Waals surface area (Å²) in [6, 6.07) is 8.98. The van der Waals surface area contributed by atoms with Gasteiger partial charge >= 0.3 is 5.69 Å². The first-order chi connectivity index (χ1) is 13.9. The number of aliphatic hydroxyl groups is 1. The number of carbonyl (C=O) groups excluding carboxylic acids is 1. The van der Waals surface area contributed by atoms with Crippen molar-refractivity contribution in [2.24, 2.45) is 0 Å². The lowest BCUT2D eigenvalue weighted by atomic mass is 10.1. The molecule has 156 valence electrons. The van der Waals surface area contributed by atoms with E-state index < -0.39 is 35.8 Å². The van der Waals surface area contributed by atoms with Crippen LogP contribution in [0.4, 0.5) is 0 Å². The second-order valence-electron chi connectivity index (χ2n) is 6.92. The predicted octanol–water partition coefficient (Wildman–Crippen LogP) is 0.331. The van der Waals surface area contributed by atoms with Gasteiger partial charge in [0, 0.05) is 24.7 Å². The van der Waals surface area contributed by atoms with E-state index in [0.29, 0.717) is 17.7 Å². The molecule has 0 spiro atoms. The van der Waals surface area contributed by atoms with Gasteiger partial charge in [-0.1, -0.05) is 25.1 Å². The van der Waals surface area contributed by atoms with Gasteiger partial charge in [0.2, 0.25) is 0 Å². The van der Waals surface area contributed by atoms with Crippen molar-refractivity contribution in [2.45, 2.75) is 51.2 Å². The van der Waals surface area contributed by atoms with Crippen LogP contribution in [0.5, 0.6) is 5.75 Å². The maximum atomic E-state index is 12.3. The van der Waals surface area contributed by atoms with Crippen molar-refractivity contribution < 1.29 is 19.4 Å². The second kappa shape index (κ2) is 9.06. The highest BCUT2D eigenvalue weighted by molar-refractivity contribution is 5.80. The first-order valence-corrected chi connectivity index (χ1v) is 9.56. The maximum absolute atomic E-state index is 12.3. The van der Waals surface area contributed by atoms with Gasteiger partial charge in [0.05, 0.1) is 6.10 Å². The molecule has 0 saturated carbocycles. The Morgan fingerprint density at radius 1 is 1.38 bits per heavy atom. The zero-order valence-corrected chi connectivity index (χ0v) is 16.3. The number of benzene rings is 1. The number of ether oxygens (including phenoxy) is 2. The number of carbonyl (C=O) groups is 1. The van der Waals surface area contributed by atoms with Crippen LogP contribution in [0.15, 0.2) is 46.1 Å². The van der Waals surface area contributed by atoms with E-state index in [0.717, 1.165) is 0 Å². The van der Waals surface area contributed by atoms with E-state index in [1.165, 1.54) is 10.8 Å². The minimum atomic E-state index is -0.866. The van der Waals surface area contributed by atoms with Gasteiger partial charge in [-0.3, -0.25) is 19.1 Å². The van der Waals surface area contributed by atoms with Crippen molar-refractivity contribution in [3.63, 3.8) is 0 Å². The lowest BCUT2D eigenvalue weighted by Gasteiger charge is -2.19. The quantitative estimate of drug-likeness (QED) is 0.612. The average Bonchev–Trinajstić information content (AvgIpc) is 3.07. The van der Waals surface area contributed by atoms with Crippen LogP contribution in [-0.2, 0) is 16.0 Å². The largest absolute Gasteiger partial charge is 0.481 e. The van der Waals surface area contributed by atoms with Crippen LogP contribution in [0.2, 0.25) is 0 Å². The number of aromatic amines is 1. The molecule has 1 aliphatic rings. The molecule has 1 aromatic carbocycles. The van der Waals surface area contributed by atoms with Crippen LogP contribution in [0.25, 0.3) is 0 Å². The smallest absolute Gasteiger partial charge is 0.330 e. The fraction of sp³-hybridized carbons (Fsp3) is 0.450. The van der Waals surface area contributed by atoms with Gasteiger partial charge in [-0.05, 0) is 25.5 Å². The van der Waals surface area contributed by atoms with Crippen LogP contribution < -0.4 is 21.3 Å². The summed E-state index contributed by atoms with van der Waals surface area (Å²) in [6.07, 6.45) is -0.906. The maximum Gasteiger partial charge on any atom is 0.330 e. The lowest BCUT2D eigenvalue weighted by molar-refractivity contribution is -0.128.